The highest BCUT2D eigenvalue weighted by atomic mass is 16.3. The molecule has 2 nitrogen and oxygen atoms in total. The van der Waals surface area contributed by atoms with E-state index in [-0.39, 0.29) is 23.5 Å². The molecule has 18 heavy (non-hydrogen) atoms. The van der Waals surface area contributed by atoms with Crippen LogP contribution in [0.15, 0.2) is 30.3 Å². The number of aliphatic hydroxyl groups excluding tert-OH is 1. The van der Waals surface area contributed by atoms with Gasteiger partial charge in [0.25, 0.3) is 0 Å². The highest BCUT2D eigenvalue weighted by Crippen LogP contribution is 2.28. The molecule has 1 aromatic rings. The van der Waals surface area contributed by atoms with Gasteiger partial charge < -0.3 is 5.11 Å². The van der Waals surface area contributed by atoms with Gasteiger partial charge in [-0.3, -0.25) is 4.79 Å². The average molecular weight is 248 g/mol. The maximum absolute atomic E-state index is 11.7. The Labute approximate surface area is 110 Å². The topological polar surface area (TPSA) is 37.3 Å². The zero-order chi connectivity index (χ0) is 13.8. The normalized spacial score (nSPS) is 13.7. The molecule has 0 amide bonds. The second kappa shape index (κ2) is 6.14. The Morgan fingerprint density at radius 1 is 1.22 bits per heavy atom. The molecule has 0 saturated carbocycles. The minimum Gasteiger partial charge on any atom is -0.392 e. The number of rotatable bonds is 6. The van der Waals surface area contributed by atoms with Crippen molar-refractivity contribution >= 4 is 5.78 Å². The maximum Gasteiger partial charge on any atom is 0.138 e. The van der Waals surface area contributed by atoms with Crippen LogP contribution in [0, 0.1) is 11.3 Å². The zero-order valence-electron chi connectivity index (χ0n) is 11.8. The van der Waals surface area contributed by atoms with E-state index in [1.54, 1.807) is 0 Å². The molecule has 0 aromatic heterocycles. The van der Waals surface area contributed by atoms with Gasteiger partial charge in [0, 0.05) is 12.3 Å². The van der Waals surface area contributed by atoms with Crippen LogP contribution in [0.25, 0.3) is 0 Å². The predicted octanol–water partition coefficient (Wildman–Crippen LogP) is 3.23. The minimum atomic E-state index is -0.590. The van der Waals surface area contributed by atoms with Crippen molar-refractivity contribution in [3.8, 4) is 0 Å². The number of ketones is 1. The van der Waals surface area contributed by atoms with E-state index in [1.807, 2.05) is 45.9 Å². The number of aliphatic hydroxyl groups is 1. The molecular weight excluding hydrogens is 224 g/mol. The van der Waals surface area contributed by atoms with Crippen molar-refractivity contribution in [3.05, 3.63) is 35.9 Å². The summed E-state index contributed by atoms with van der Waals surface area (Å²) in [7, 11) is 0. The molecule has 1 aromatic carbocycles. The number of carbonyl (C=O) groups excluding carboxylic acids is 1. The lowest BCUT2D eigenvalue weighted by atomic mass is 9.78. The Morgan fingerprint density at radius 2 is 1.78 bits per heavy atom. The Bertz CT molecular complexity index is 379. The first-order valence-corrected chi connectivity index (χ1v) is 6.57. The summed E-state index contributed by atoms with van der Waals surface area (Å²) < 4.78 is 0. The second-order valence-corrected chi connectivity index (χ2v) is 5.99. The third-order valence-electron chi connectivity index (χ3n) is 3.44. The number of benzene rings is 1. The van der Waals surface area contributed by atoms with E-state index in [2.05, 4.69) is 12.1 Å². The fourth-order valence-electron chi connectivity index (χ4n) is 1.94. The van der Waals surface area contributed by atoms with Gasteiger partial charge in [-0.25, -0.2) is 0 Å². The number of Topliss-reactive ketones (excluding diaryl/α,β-unsaturated/α-hetero) is 1. The Hall–Kier alpha value is -1.15. The standard InChI is InChI=1S/C16H24O2/c1-12(2)14(17)10-15(18)16(3,4)11-13-8-6-5-7-9-13/h5-9,12,15,18H,10-11H2,1-4H3. The van der Waals surface area contributed by atoms with Crippen molar-refractivity contribution in [1.82, 2.24) is 0 Å². The molecule has 1 atom stereocenters. The van der Waals surface area contributed by atoms with Crippen LogP contribution in [0.3, 0.4) is 0 Å². The molecule has 2 heteroatoms. The maximum atomic E-state index is 11.7. The lowest BCUT2D eigenvalue weighted by Crippen LogP contribution is -2.34. The average Bonchev–Trinajstić information content (AvgIpc) is 2.29. The molecule has 0 aliphatic heterocycles. The van der Waals surface area contributed by atoms with Crippen LogP contribution < -0.4 is 0 Å². The Balaban J connectivity index is 2.65. The first-order chi connectivity index (χ1) is 8.33. The second-order valence-electron chi connectivity index (χ2n) is 5.99. The fourth-order valence-corrected chi connectivity index (χ4v) is 1.94. The van der Waals surface area contributed by atoms with Crippen LogP contribution in [-0.4, -0.2) is 17.0 Å². The summed E-state index contributed by atoms with van der Waals surface area (Å²) in [5.41, 5.74) is 0.907. The van der Waals surface area contributed by atoms with Gasteiger partial charge in [0.2, 0.25) is 0 Å². The number of hydrogen-bond acceptors (Lipinski definition) is 2. The number of hydrogen-bond donors (Lipinski definition) is 1. The van der Waals surface area contributed by atoms with Crippen molar-refractivity contribution in [1.29, 1.82) is 0 Å². The lowest BCUT2D eigenvalue weighted by molar-refractivity contribution is -0.125. The minimum absolute atomic E-state index is 0.00725. The molecule has 0 saturated heterocycles. The monoisotopic (exact) mass is 248 g/mol. The van der Waals surface area contributed by atoms with E-state index in [4.69, 9.17) is 0 Å². The van der Waals surface area contributed by atoms with E-state index in [9.17, 15) is 9.90 Å². The van der Waals surface area contributed by atoms with Crippen molar-refractivity contribution < 1.29 is 9.90 Å². The van der Waals surface area contributed by atoms with Gasteiger partial charge >= 0.3 is 0 Å². The van der Waals surface area contributed by atoms with Crippen molar-refractivity contribution in [3.63, 3.8) is 0 Å². The van der Waals surface area contributed by atoms with Crippen LogP contribution in [0.4, 0.5) is 0 Å². The summed E-state index contributed by atoms with van der Waals surface area (Å²) in [5, 5.41) is 10.2. The van der Waals surface area contributed by atoms with Gasteiger partial charge in [0.15, 0.2) is 0 Å². The molecule has 100 valence electrons. The van der Waals surface area contributed by atoms with E-state index in [0.717, 1.165) is 6.42 Å². The summed E-state index contributed by atoms with van der Waals surface area (Å²) in [5.74, 6) is 0.121. The molecule has 0 heterocycles. The summed E-state index contributed by atoms with van der Waals surface area (Å²) in [6.07, 6.45) is 0.435. The van der Waals surface area contributed by atoms with Gasteiger partial charge in [-0.1, -0.05) is 58.0 Å². The Kier molecular flexibility index (Phi) is 5.09. The predicted molar refractivity (Wildman–Crippen MR) is 74.4 cm³/mol. The van der Waals surface area contributed by atoms with Crippen molar-refractivity contribution in [2.75, 3.05) is 0 Å². The Morgan fingerprint density at radius 3 is 2.28 bits per heavy atom. The van der Waals surface area contributed by atoms with E-state index in [1.165, 1.54) is 5.56 Å². The van der Waals surface area contributed by atoms with E-state index in [0.29, 0.717) is 0 Å². The number of carbonyl (C=O) groups is 1. The molecule has 0 bridgehead atoms. The van der Waals surface area contributed by atoms with E-state index < -0.39 is 6.10 Å². The van der Waals surface area contributed by atoms with Crippen LogP contribution >= 0.6 is 0 Å². The summed E-state index contributed by atoms with van der Waals surface area (Å²) in [6, 6.07) is 10.1. The molecular formula is C16H24O2. The SMILES string of the molecule is CC(C)C(=O)CC(O)C(C)(C)Cc1ccccc1. The van der Waals surface area contributed by atoms with Crippen LogP contribution in [-0.2, 0) is 11.2 Å². The highest BCUT2D eigenvalue weighted by molar-refractivity contribution is 5.80. The van der Waals surface area contributed by atoms with Gasteiger partial charge in [-0.15, -0.1) is 0 Å². The third-order valence-corrected chi connectivity index (χ3v) is 3.44. The summed E-state index contributed by atoms with van der Waals surface area (Å²) in [4.78, 5) is 11.7. The molecule has 0 aliphatic carbocycles. The van der Waals surface area contributed by atoms with Gasteiger partial charge in [0.1, 0.15) is 5.78 Å². The molecule has 0 aliphatic rings. The first kappa shape index (κ1) is 14.9. The molecule has 1 rings (SSSR count). The van der Waals surface area contributed by atoms with Gasteiger partial charge in [-0.05, 0) is 17.4 Å². The largest absolute Gasteiger partial charge is 0.392 e. The van der Waals surface area contributed by atoms with Crippen molar-refractivity contribution in [2.24, 2.45) is 11.3 Å². The summed E-state index contributed by atoms with van der Waals surface area (Å²) >= 11 is 0. The van der Waals surface area contributed by atoms with Crippen LogP contribution in [0.5, 0.6) is 0 Å². The van der Waals surface area contributed by atoms with Gasteiger partial charge in [0.05, 0.1) is 6.10 Å². The molecule has 0 spiro atoms. The molecule has 1 unspecified atom stereocenters. The molecule has 0 radical (unpaired) electrons. The van der Waals surface area contributed by atoms with Crippen molar-refractivity contribution in [2.45, 2.75) is 46.6 Å². The quantitative estimate of drug-likeness (QED) is 0.839. The van der Waals surface area contributed by atoms with Crippen LogP contribution in [0.2, 0.25) is 0 Å². The first-order valence-electron chi connectivity index (χ1n) is 6.57. The highest BCUT2D eigenvalue weighted by Gasteiger charge is 2.30. The lowest BCUT2D eigenvalue weighted by Gasteiger charge is -2.30. The summed E-state index contributed by atoms with van der Waals surface area (Å²) in [6.45, 7) is 7.77. The third kappa shape index (κ3) is 4.26. The molecule has 1 N–H and O–H groups in total. The smallest absolute Gasteiger partial charge is 0.138 e. The van der Waals surface area contributed by atoms with Crippen LogP contribution in [0.1, 0.15) is 39.7 Å². The molecule has 0 fully saturated rings. The van der Waals surface area contributed by atoms with E-state index >= 15 is 0 Å². The van der Waals surface area contributed by atoms with Gasteiger partial charge in [-0.2, -0.15) is 0 Å². The zero-order valence-corrected chi connectivity index (χ0v) is 11.8. The fraction of sp³-hybridized carbons (Fsp3) is 0.562.